The molecule has 1 aromatic heterocycles. The molecule has 0 radical (unpaired) electrons. The van der Waals surface area contributed by atoms with Crippen LogP contribution in [0.15, 0.2) is 35.2 Å². The summed E-state index contributed by atoms with van der Waals surface area (Å²) in [7, 11) is -7.02. The van der Waals surface area contributed by atoms with Crippen molar-refractivity contribution in [1.82, 2.24) is 19.6 Å². The molecule has 3 atom stereocenters. The van der Waals surface area contributed by atoms with Crippen LogP contribution in [0.5, 0.6) is 0 Å². The van der Waals surface area contributed by atoms with Crippen molar-refractivity contribution in [2.45, 2.75) is 73.7 Å². The van der Waals surface area contributed by atoms with Crippen molar-refractivity contribution in [3.8, 4) is 6.07 Å². The number of benzene rings is 1. The number of sulfone groups is 2. The first-order valence-electron chi connectivity index (χ1n) is 12.7. The van der Waals surface area contributed by atoms with Gasteiger partial charge in [-0.05, 0) is 51.7 Å². The Morgan fingerprint density at radius 2 is 1.92 bits per heavy atom. The maximum Gasteiger partial charge on any atom is 0.424 e. The van der Waals surface area contributed by atoms with Gasteiger partial charge in [0.2, 0.25) is 5.82 Å². The lowest BCUT2D eigenvalue weighted by atomic mass is 10.1. The summed E-state index contributed by atoms with van der Waals surface area (Å²) >= 11 is 6.28. The first kappa shape index (κ1) is 27.1. The third kappa shape index (κ3) is 4.53. The van der Waals surface area contributed by atoms with Gasteiger partial charge < -0.3 is 0 Å². The molecule has 2 amide bonds. The number of nitrogens with zero attached hydrogens (tertiary/aromatic N) is 4. The second kappa shape index (κ2) is 9.33. The van der Waals surface area contributed by atoms with Gasteiger partial charge in [0.1, 0.15) is 33.2 Å². The Hall–Kier alpha value is -2.46. The molecule has 1 aliphatic carbocycles. The molecule has 204 valence electrons. The van der Waals surface area contributed by atoms with E-state index in [1.165, 1.54) is 12.1 Å². The number of carbonyl (C=O) groups is 1. The number of amides is 2. The molecule has 1 saturated carbocycles. The lowest BCUT2D eigenvalue weighted by molar-refractivity contribution is 0.187. The molecule has 1 N–H and O–H groups in total. The zero-order chi connectivity index (χ0) is 27.5. The monoisotopic (exact) mass is 580 g/mol. The highest BCUT2D eigenvalue weighted by atomic mass is 35.5. The normalized spacial score (nSPS) is 28.5. The minimum Gasteiger partial charge on any atom is -0.287 e. The van der Waals surface area contributed by atoms with E-state index < -0.39 is 42.5 Å². The van der Waals surface area contributed by atoms with E-state index in [-0.39, 0.29) is 44.9 Å². The van der Waals surface area contributed by atoms with Crippen molar-refractivity contribution in [2.75, 3.05) is 18.1 Å². The van der Waals surface area contributed by atoms with E-state index in [9.17, 15) is 26.9 Å². The Balaban J connectivity index is 1.60. The number of hydrogen-bond acceptors (Lipinski definition) is 7. The highest BCUT2D eigenvalue weighted by molar-refractivity contribution is 7.92. The third-order valence-electron chi connectivity index (χ3n) is 8.22. The summed E-state index contributed by atoms with van der Waals surface area (Å²) in [6.07, 6.45) is 1.98. The number of nitriles is 1. The van der Waals surface area contributed by atoms with Crippen LogP contribution in [0.4, 0.5) is 10.6 Å². The predicted molar refractivity (Wildman–Crippen MR) is 143 cm³/mol. The van der Waals surface area contributed by atoms with E-state index in [1.54, 1.807) is 29.8 Å². The maximum atomic E-state index is 14.2. The molecule has 0 spiro atoms. The molecule has 3 heterocycles. The Bertz CT molecular complexity index is 1530. The van der Waals surface area contributed by atoms with Crippen LogP contribution >= 0.6 is 11.6 Å². The molecule has 3 aliphatic rings. The summed E-state index contributed by atoms with van der Waals surface area (Å²) in [4.78, 5) is 14.2. The van der Waals surface area contributed by atoms with Crippen molar-refractivity contribution < 1.29 is 21.6 Å². The standard InChI is InChI=1S/C25H30ClN5O5S2/c1-17-13-23(30(29-17)19-7-11-37(33,34)12-8-19)31(24(32)28-25(16-27)9-10-25)15-20(14-18(31)2)38(35,36)22-6-4-3-5-21(22)26/h3-6,13,18-20H,7-12,14-15H2,1-2H3/p+1/t18-,20+,31?/m0/s1. The van der Waals surface area contributed by atoms with Crippen LogP contribution in [-0.2, 0) is 19.7 Å². The lowest BCUT2D eigenvalue weighted by Gasteiger charge is -2.37. The smallest absolute Gasteiger partial charge is 0.287 e. The Kier molecular flexibility index (Phi) is 6.66. The number of likely N-dealkylation sites (tertiary alicyclic amines) is 1. The van der Waals surface area contributed by atoms with Crippen LogP contribution < -0.4 is 9.80 Å². The fourth-order valence-corrected chi connectivity index (χ4v) is 9.66. The van der Waals surface area contributed by atoms with Crippen molar-refractivity contribution >= 4 is 43.1 Å². The topological polar surface area (TPSA) is 139 Å². The fraction of sp³-hybridized carbons (Fsp3) is 0.560. The van der Waals surface area contributed by atoms with Gasteiger partial charge in [0.15, 0.2) is 9.84 Å². The Morgan fingerprint density at radius 1 is 1.26 bits per heavy atom. The predicted octanol–water partition coefficient (Wildman–Crippen LogP) is 3.30. The third-order valence-corrected chi connectivity index (χ3v) is 12.6. The van der Waals surface area contributed by atoms with Crippen LogP contribution in [0.3, 0.4) is 0 Å². The molecule has 38 heavy (non-hydrogen) atoms. The summed E-state index contributed by atoms with van der Waals surface area (Å²) in [5.74, 6) is 0.569. The summed E-state index contributed by atoms with van der Waals surface area (Å²) in [6.45, 7) is 3.58. The van der Waals surface area contributed by atoms with Crippen LogP contribution in [0.25, 0.3) is 0 Å². The van der Waals surface area contributed by atoms with Crippen molar-refractivity contribution in [2.24, 2.45) is 0 Å². The molecule has 10 nitrogen and oxygen atoms in total. The molecule has 3 fully saturated rings. The van der Waals surface area contributed by atoms with Gasteiger partial charge in [0.05, 0.1) is 39.2 Å². The number of hydrogen-bond donors (Lipinski definition) is 1. The number of carbonyl (C=O) groups excluding carboxylic acids is 1. The number of urea groups is 1. The van der Waals surface area contributed by atoms with Gasteiger partial charge >= 0.3 is 6.03 Å². The summed E-state index contributed by atoms with van der Waals surface area (Å²) in [5, 5.41) is 16.5. The summed E-state index contributed by atoms with van der Waals surface area (Å²) < 4.78 is 53.2. The molecule has 2 aliphatic heterocycles. The largest absolute Gasteiger partial charge is 0.424 e. The second-order valence-electron chi connectivity index (χ2n) is 10.8. The Morgan fingerprint density at radius 3 is 2.53 bits per heavy atom. The highest BCUT2D eigenvalue weighted by Gasteiger charge is 2.60. The zero-order valence-electron chi connectivity index (χ0n) is 21.3. The van der Waals surface area contributed by atoms with Crippen LogP contribution in [0.1, 0.15) is 50.8 Å². The molecular weight excluding hydrogens is 550 g/mol. The van der Waals surface area contributed by atoms with E-state index in [0.717, 1.165) is 0 Å². The first-order valence-corrected chi connectivity index (χ1v) is 16.5. The van der Waals surface area contributed by atoms with E-state index in [0.29, 0.717) is 37.2 Å². The number of rotatable bonds is 5. The van der Waals surface area contributed by atoms with Gasteiger partial charge in [-0.2, -0.15) is 14.8 Å². The van der Waals surface area contributed by atoms with E-state index in [1.807, 2.05) is 6.92 Å². The van der Waals surface area contributed by atoms with Gasteiger partial charge in [0, 0.05) is 12.5 Å². The first-order chi connectivity index (χ1) is 17.8. The van der Waals surface area contributed by atoms with E-state index in [4.69, 9.17) is 11.6 Å². The van der Waals surface area contributed by atoms with Crippen LogP contribution in [-0.4, -0.2) is 67.5 Å². The molecular formula is C25H31ClN5O5S2+. The molecule has 2 saturated heterocycles. The second-order valence-corrected chi connectivity index (χ2v) is 15.7. The van der Waals surface area contributed by atoms with Crippen LogP contribution in [0, 0.1) is 18.3 Å². The SMILES string of the molecule is Cc1cc([N+]2(C(=O)NC3(C#N)CC3)C[C@H](S(=O)(=O)c3ccccc3Cl)C[C@@H]2C)n(C2CCS(=O)(=O)CC2)n1. The van der Waals surface area contributed by atoms with Gasteiger partial charge in [-0.15, -0.1) is 0 Å². The number of quaternary nitrogens is 1. The highest BCUT2D eigenvalue weighted by Crippen LogP contribution is 2.44. The zero-order valence-corrected chi connectivity index (χ0v) is 23.7. The fourth-order valence-electron chi connectivity index (χ4n) is 5.81. The van der Waals surface area contributed by atoms with Gasteiger partial charge in [-0.1, -0.05) is 23.7 Å². The molecule has 1 aromatic carbocycles. The van der Waals surface area contributed by atoms with Gasteiger partial charge in [0.25, 0.3) is 0 Å². The van der Waals surface area contributed by atoms with Crippen molar-refractivity contribution in [3.63, 3.8) is 0 Å². The number of halogens is 1. The lowest BCUT2D eigenvalue weighted by Crippen LogP contribution is -2.64. The summed E-state index contributed by atoms with van der Waals surface area (Å²) in [5.41, 5.74) is -0.314. The Labute approximate surface area is 228 Å². The quantitative estimate of drug-likeness (QED) is 0.535. The molecule has 1 unspecified atom stereocenters. The van der Waals surface area contributed by atoms with Gasteiger partial charge in [-0.25, -0.2) is 26.3 Å². The molecule has 0 bridgehead atoms. The van der Waals surface area contributed by atoms with E-state index >= 15 is 0 Å². The minimum absolute atomic E-state index is 0.0251. The summed E-state index contributed by atoms with van der Waals surface area (Å²) in [6, 6.07) is 9.10. The number of nitrogens with one attached hydrogen (secondary N) is 1. The number of aryl methyl sites for hydroxylation is 1. The molecule has 2 aromatic rings. The molecule has 5 rings (SSSR count). The van der Waals surface area contributed by atoms with Crippen molar-refractivity contribution in [1.29, 1.82) is 5.26 Å². The van der Waals surface area contributed by atoms with Crippen LogP contribution in [0.2, 0.25) is 5.02 Å². The van der Waals surface area contributed by atoms with Crippen molar-refractivity contribution in [3.05, 3.63) is 41.0 Å². The maximum absolute atomic E-state index is 14.2. The van der Waals surface area contributed by atoms with E-state index in [2.05, 4.69) is 16.5 Å². The minimum atomic E-state index is -3.90. The number of aromatic nitrogens is 2. The average molecular weight is 581 g/mol. The average Bonchev–Trinajstić information content (AvgIpc) is 3.38. The molecule has 13 heteroatoms. The van der Waals surface area contributed by atoms with Gasteiger partial charge in [-0.3, -0.25) is 5.32 Å².